The van der Waals surface area contributed by atoms with Crippen LogP contribution in [-0.2, 0) is 9.05 Å². The number of amides is 1. The van der Waals surface area contributed by atoms with Crippen LogP contribution in [0, 0.1) is 30.2 Å². The first-order chi connectivity index (χ1) is 11.0. The Kier molecular flexibility index (Phi) is 4.86. The Morgan fingerprint density at radius 1 is 1.00 bits per heavy atom. The van der Waals surface area contributed by atoms with Crippen molar-refractivity contribution in [3.05, 3.63) is 58.7 Å². The molecular weight excluding hydrogens is 374 g/mol. The molecule has 4 nitrogen and oxygen atoms in total. The SMILES string of the molecule is Cc1cc(F)c(S(=O)(=O)Cl)cc1C(=O)Nc1cc(F)c(F)c(F)c1. The van der Waals surface area contributed by atoms with Crippen molar-refractivity contribution in [2.75, 3.05) is 5.32 Å². The number of nitrogens with one attached hydrogen (secondary N) is 1. The minimum atomic E-state index is -4.45. The number of benzene rings is 2. The third-order valence-electron chi connectivity index (χ3n) is 3.03. The van der Waals surface area contributed by atoms with E-state index in [-0.39, 0.29) is 11.1 Å². The van der Waals surface area contributed by atoms with Gasteiger partial charge in [-0.2, -0.15) is 0 Å². The lowest BCUT2D eigenvalue weighted by atomic mass is 10.1. The highest BCUT2D eigenvalue weighted by Crippen LogP contribution is 2.24. The van der Waals surface area contributed by atoms with Crippen molar-refractivity contribution in [1.82, 2.24) is 0 Å². The van der Waals surface area contributed by atoms with Gasteiger partial charge in [-0.3, -0.25) is 4.79 Å². The van der Waals surface area contributed by atoms with E-state index in [1.54, 1.807) is 0 Å². The lowest BCUT2D eigenvalue weighted by Crippen LogP contribution is -2.15. The van der Waals surface area contributed by atoms with Gasteiger partial charge < -0.3 is 5.32 Å². The first-order valence-corrected chi connectivity index (χ1v) is 8.52. The van der Waals surface area contributed by atoms with E-state index in [0.29, 0.717) is 18.2 Å². The zero-order chi connectivity index (χ0) is 18.2. The van der Waals surface area contributed by atoms with Crippen molar-refractivity contribution < 1.29 is 30.8 Å². The number of aryl methyl sites for hydroxylation is 1. The molecule has 0 aromatic heterocycles. The second-order valence-electron chi connectivity index (χ2n) is 4.74. The number of halogens is 5. The Morgan fingerprint density at radius 3 is 2.04 bits per heavy atom. The number of rotatable bonds is 3. The fraction of sp³-hybridized carbons (Fsp3) is 0.0714. The molecule has 0 aliphatic rings. The summed E-state index contributed by atoms with van der Waals surface area (Å²) in [6.07, 6.45) is 0. The molecular formula is C14H8ClF4NO3S. The normalized spacial score (nSPS) is 11.4. The van der Waals surface area contributed by atoms with Gasteiger partial charge in [0.15, 0.2) is 17.5 Å². The highest BCUT2D eigenvalue weighted by molar-refractivity contribution is 8.13. The molecule has 128 valence electrons. The Labute approximate surface area is 138 Å². The summed E-state index contributed by atoms with van der Waals surface area (Å²) in [5.41, 5.74) is -0.645. The van der Waals surface area contributed by atoms with Crippen molar-refractivity contribution in [2.45, 2.75) is 11.8 Å². The third kappa shape index (κ3) is 3.68. The lowest BCUT2D eigenvalue weighted by molar-refractivity contribution is 0.102. The highest BCUT2D eigenvalue weighted by atomic mass is 35.7. The van der Waals surface area contributed by atoms with Gasteiger partial charge in [0.25, 0.3) is 15.0 Å². The lowest BCUT2D eigenvalue weighted by Gasteiger charge is -2.10. The van der Waals surface area contributed by atoms with Crippen molar-refractivity contribution >= 4 is 31.3 Å². The monoisotopic (exact) mass is 381 g/mol. The highest BCUT2D eigenvalue weighted by Gasteiger charge is 2.21. The number of hydrogen-bond donors (Lipinski definition) is 1. The van der Waals surface area contributed by atoms with E-state index in [0.717, 1.165) is 6.07 Å². The summed E-state index contributed by atoms with van der Waals surface area (Å²) < 4.78 is 75.3. The van der Waals surface area contributed by atoms with Crippen molar-refractivity contribution in [1.29, 1.82) is 0 Å². The molecule has 1 amide bonds. The molecule has 24 heavy (non-hydrogen) atoms. The number of carbonyl (C=O) groups excluding carboxylic acids is 1. The Balaban J connectivity index is 2.44. The van der Waals surface area contributed by atoms with Crippen LogP contribution in [0.5, 0.6) is 0 Å². The number of carbonyl (C=O) groups is 1. The van der Waals surface area contributed by atoms with Crippen molar-refractivity contribution in [2.24, 2.45) is 0 Å². The maximum Gasteiger partial charge on any atom is 0.264 e. The van der Waals surface area contributed by atoms with Gasteiger partial charge in [0.05, 0.1) is 0 Å². The first-order valence-electron chi connectivity index (χ1n) is 6.21. The number of anilines is 1. The van der Waals surface area contributed by atoms with Gasteiger partial charge in [0.2, 0.25) is 0 Å². The molecule has 0 saturated carbocycles. The molecule has 1 N–H and O–H groups in total. The van der Waals surface area contributed by atoms with Crippen molar-refractivity contribution in [3.8, 4) is 0 Å². The van der Waals surface area contributed by atoms with Crippen LogP contribution in [0.2, 0.25) is 0 Å². The molecule has 2 rings (SSSR count). The molecule has 0 radical (unpaired) electrons. The van der Waals surface area contributed by atoms with Crippen LogP contribution < -0.4 is 5.32 Å². The summed E-state index contributed by atoms with van der Waals surface area (Å²) in [7, 11) is 0.621. The summed E-state index contributed by atoms with van der Waals surface area (Å²) in [6.45, 7) is 1.31. The van der Waals surface area contributed by atoms with Gasteiger partial charge >= 0.3 is 0 Å². The molecule has 2 aromatic rings. The zero-order valence-electron chi connectivity index (χ0n) is 11.8. The molecule has 0 spiro atoms. The largest absolute Gasteiger partial charge is 0.322 e. The van der Waals surface area contributed by atoms with Gasteiger partial charge in [-0.05, 0) is 24.6 Å². The molecule has 2 aromatic carbocycles. The Bertz CT molecular complexity index is 924. The smallest absolute Gasteiger partial charge is 0.264 e. The predicted molar refractivity (Wildman–Crippen MR) is 78.4 cm³/mol. The quantitative estimate of drug-likeness (QED) is 0.500. The van der Waals surface area contributed by atoms with Gasteiger partial charge in [-0.15, -0.1) is 0 Å². The fourth-order valence-corrected chi connectivity index (χ4v) is 2.82. The van der Waals surface area contributed by atoms with E-state index in [1.807, 2.05) is 0 Å². The van der Waals surface area contributed by atoms with Crippen LogP contribution in [0.25, 0.3) is 0 Å². The predicted octanol–water partition coefficient (Wildman–Crippen LogP) is 3.73. The zero-order valence-corrected chi connectivity index (χ0v) is 13.4. The molecule has 0 unspecified atom stereocenters. The van der Waals surface area contributed by atoms with Crippen LogP contribution in [0.15, 0.2) is 29.2 Å². The Morgan fingerprint density at radius 2 is 1.54 bits per heavy atom. The maximum atomic E-state index is 13.6. The second kappa shape index (κ2) is 6.40. The molecule has 0 aliphatic carbocycles. The van der Waals surface area contributed by atoms with Crippen molar-refractivity contribution in [3.63, 3.8) is 0 Å². The molecule has 0 bridgehead atoms. The minimum absolute atomic E-state index is 0.0529. The fourth-order valence-electron chi connectivity index (χ4n) is 1.91. The van der Waals surface area contributed by atoms with Crippen LogP contribution in [0.4, 0.5) is 23.2 Å². The van der Waals surface area contributed by atoms with Gasteiger partial charge in [-0.1, -0.05) is 0 Å². The molecule has 0 atom stereocenters. The molecule has 0 heterocycles. The molecule has 0 aliphatic heterocycles. The van der Waals surface area contributed by atoms with Crippen LogP contribution in [-0.4, -0.2) is 14.3 Å². The van der Waals surface area contributed by atoms with E-state index in [1.165, 1.54) is 6.92 Å². The van der Waals surface area contributed by atoms with Gasteiger partial charge in [-0.25, -0.2) is 26.0 Å². The maximum absolute atomic E-state index is 13.6. The summed E-state index contributed by atoms with van der Waals surface area (Å²) in [4.78, 5) is 11.2. The van der Waals surface area contributed by atoms with Gasteiger partial charge in [0.1, 0.15) is 10.7 Å². The molecule has 10 heteroatoms. The molecule has 0 fully saturated rings. The summed E-state index contributed by atoms with van der Waals surface area (Å²) >= 11 is 0. The van der Waals surface area contributed by atoms with E-state index in [4.69, 9.17) is 10.7 Å². The summed E-state index contributed by atoms with van der Waals surface area (Å²) in [5.74, 6) is -6.89. The Hall–Kier alpha value is -2.13. The average Bonchev–Trinajstić information content (AvgIpc) is 2.43. The van der Waals surface area contributed by atoms with Crippen LogP contribution >= 0.6 is 10.7 Å². The summed E-state index contributed by atoms with van der Waals surface area (Å²) in [6, 6.07) is 2.54. The van der Waals surface area contributed by atoms with E-state index >= 15 is 0 Å². The number of hydrogen-bond acceptors (Lipinski definition) is 3. The van der Waals surface area contributed by atoms with E-state index < -0.39 is 48.8 Å². The van der Waals surface area contributed by atoms with Crippen LogP contribution in [0.1, 0.15) is 15.9 Å². The second-order valence-corrected chi connectivity index (χ2v) is 7.28. The van der Waals surface area contributed by atoms with Crippen LogP contribution in [0.3, 0.4) is 0 Å². The summed E-state index contributed by atoms with van der Waals surface area (Å²) in [5, 5.41) is 2.06. The average molecular weight is 382 g/mol. The van der Waals surface area contributed by atoms with Gasteiger partial charge in [0, 0.05) is 34.1 Å². The van der Waals surface area contributed by atoms with E-state index in [2.05, 4.69) is 5.32 Å². The van der Waals surface area contributed by atoms with E-state index in [9.17, 15) is 30.8 Å². The standard InChI is InChI=1S/C14H8ClF4NO3S/c1-6-2-9(16)12(24(15,22)23)5-8(6)14(21)20-7-3-10(17)13(19)11(18)4-7/h2-5H,1H3,(H,20,21). The topological polar surface area (TPSA) is 63.2 Å². The third-order valence-corrected chi connectivity index (χ3v) is 4.36. The minimum Gasteiger partial charge on any atom is -0.322 e. The molecule has 0 saturated heterocycles. The first kappa shape index (κ1) is 18.2.